The number of H-pyrrole nitrogens is 2. The Bertz CT molecular complexity index is 2480. The Kier molecular flexibility index (Phi) is 15.3. The van der Waals surface area contributed by atoms with Crippen LogP contribution in [0.3, 0.4) is 0 Å². The normalized spacial score (nSPS) is 11.9. The molecule has 2 nitrogen and oxygen atoms in total. The second-order valence-corrected chi connectivity index (χ2v) is 17.0. The molecule has 0 spiro atoms. The van der Waals surface area contributed by atoms with E-state index in [2.05, 4.69) is 219 Å². The van der Waals surface area contributed by atoms with Crippen LogP contribution < -0.4 is 0 Å². The highest BCUT2D eigenvalue weighted by atomic mass is 14.8. The summed E-state index contributed by atoms with van der Waals surface area (Å²) in [6.45, 7) is 30.2. The van der Waals surface area contributed by atoms with E-state index >= 15 is 0 Å². The smallest absolute Gasteiger partial charge is 0.0573 e. The molecule has 1 unspecified atom stereocenters. The topological polar surface area (TPSA) is 31.6 Å². The number of nitrogens with one attached hydrogen (secondary N) is 2. The third-order valence-corrected chi connectivity index (χ3v) is 9.99. The van der Waals surface area contributed by atoms with Crippen LogP contribution in [0.5, 0.6) is 0 Å². The molecule has 0 aliphatic rings. The van der Waals surface area contributed by atoms with Crippen LogP contribution in [0.1, 0.15) is 113 Å². The largest absolute Gasteiger partial charge is 0.358 e. The molecule has 0 aliphatic carbocycles. The summed E-state index contributed by atoms with van der Waals surface area (Å²) in [5, 5.41) is 6.53. The number of hydrogen-bond acceptors (Lipinski definition) is 0. The molecule has 298 valence electrons. The molecule has 0 aliphatic heterocycles. The van der Waals surface area contributed by atoms with Crippen molar-refractivity contribution in [3.05, 3.63) is 150 Å². The summed E-state index contributed by atoms with van der Waals surface area (Å²) in [5.74, 6) is 0.568. The van der Waals surface area contributed by atoms with E-state index in [1.807, 2.05) is 27.7 Å². The summed E-state index contributed by atoms with van der Waals surface area (Å²) in [4.78, 5) is 7.52. The number of rotatable bonds is 4. The molecule has 0 amide bonds. The molecule has 0 fully saturated rings. The molecule has 8 aromatic rings. The molecule has 0 radical (unpaired) electrons. The van der Waals surface area contributed by atoms with Crippen LogP contribution in [0, 0.1) is 17.8 Å². The van der Waals surface area contributed by atoms with Crippen molar-refractivity contribution in [2.45, 2.75) is 103 Å². The van der Waals surface area contributed by atoms with Crippen LogP contribution in [0.2, 0.25) is 0 Å². The fraction of sp³-hybridized carbons (Fsp3) is 0.309. The molecule has 2 N–H and O–H groups in total. The van der Waals surface area contributed by atoms with E-state index in [0.717, 1.165) is 5.52 Å². The van der Waals surface area contributed by atoms with Gasteiger partial charge in [-0.25, -0.2) is 0 Å². The maximum atomic E-state index is 3.77. The van der Waals surface area contributed by atoms with Gasteiger partial charge in [0.25, 0.3) is 0 Å². The molecule has 0 saturated heterocycles. The number of aryl methyl sites for hydroxylation is 1. The highest BCUT2D eigenvalue weighted by molar-refractivity contribution is 6.28. The first kappa shape index (κ1) is 44.4. The summed E-state index contributed by atoms with van der Waals surface area (Å²) in [5.41, 5.74) is 13.2. The first-order valence-corrected chi connectivity index (χ1v) is 21.1. The Labute approximate surface area is 344 Å². The molecule has 2 heteroatoms. The predicted molar refractivity (Wildman–Crippen MR) is 258 cm³/mol. The van der Waals surface area contributed by atoms with Gasteiger partial charge in [-0.15, -0.1) is 0 Å². The van der Waals surface area contributed by atoms with Gasteiger partial charge in [-0.3, -0.25) is 0 Å². The number of hydrogen-bond donors (Lipinski definition) is 2. The molecular weight excluding hydrogens is 689 g/mol. The number of benzene rings is 6. The lowest BCUT2D eigenvalue weighted by atomic mass is 9.76. The summed E-state index contributed by atoms with van der Waals surface area (Å²) in [6, 6.07) is 45.4. The number of aromatic amines is 2. The zero-order valence-corrected chi connectivity index (χ0v) is 37.4. The summed E-state index contributed by atoms with van der Waals surface area (Å²) in [6.07, 6.45) is 4.34. The maximum absolute atomic E-state index is 3.77. The maximum Gasteiger partial charge on any atom is 0.0573 e. The summed E-state index contributed by atoms with van der Waals surface area (Å²) < 4.78 is 0. The van der Waals surface area contributed by atoms with Crippen LogP contribution in [-0.2, 0) is 0 Å². The number of allylic oxidation sites excluding steroid dienone is 1. The van der Waals surface area contributed by atoms with Crippen molar-refractivity contribution in [1.82, 2.24) is 9.97 Å². The molecule has 6 aromatic carbocycles. The van der Waals surface area contributed by atoms with E-state index in [1.165, 1.54) is 77.0 Å². The van der Waals surface area contributed by atoms with Crippen LogP contribution >= 0.6 is 0 Å². The van der Waals surface area contributed by atoms with E-state index in [-0.39, 0.29) is 0 Å². The van der Waals surface area contributed by atoms with Crippen LogP contribution in [-0.4, -0.2) is 9.97 Å². The molecule has 0 bridgehead atoms. The van der Waals surface area contributed by atoms with Crippen LogP contribution in [0.15, 0.2) is 133 Å². The average molecular weight is 757 g/mol. The van der Waals surface area contributed by atoms with Gasteiger partial charge in [0, 0.05) is 44.1 Å². The van der Waals surface area contributed by atoms with E-state index in [9.17, 15) is 0 Å². The minimum Gasteiger partial charge on any atom is -0.358 e. The minimum atomic E-state index is 0.310. The molecule has 2 aromatic heterocycles. The lowest BCUT2D eigenvalue weighted by Crippen LogP contribution is -2.15. The Hall–Kier alpha value is -5.34. The first-order chi connectivity index (χ1) is 27.3. The molecule has 8 rings (SSSR count). The van der Waals surface area contributed by atoms with Crippen molar-refractivity contribution in [2.24, 2.45) is 10.8 Å². The van der Waals surface area contributed by atoms with Crippen molar-refractivity contribution < 1.29 is 0 Å². The monoisotopic (exact) mass is 757 g/mol. The van der Waals surface area contributed by atoms with Gasteiger partial charge in [0.05, 0.1) is 11.0 Å². The molecular formula is C55H68N2. The zero-order chi connectivity index (χ0) is 41.9. The molecule has 57 heavy (non-hydrogen) atoms. The summed E-state index contributed by atoms with van der Waals surface area (Å²) in [7, 11) is 0. The SMILES string of the molecule is C/C=C\c1c(C)[nH]c2c(-c3ccccc3)c(-c3ccccc3)c3c4ccccc4[nH]c3c12.CC.CC.CC(C)(C)C.CC(c1cccc2ccccc12)C(C)(C)C. The van der Waals surface area contributed by atoms with Gasteiger partial charge in [0.2, 0.25) is 0 Å². The fourth-order valence-electron chi connectivity index (χ4n) is 7.18. The van der Waals surface area contributed by atoms with Gasteiger partial charge >= 0.3 is 0 Å². The van der Waals surface area contributed by atoms with Gasteiger partial charge in [-0.2, -0.15) is 0 Å². The van der Waals surface area contributed by atoms with E-state index in [1.54, 1.807) is 0 Å². The first-order valence-electron chi connectivity index (χ1n) is 21.1. The number of fused-ring (bicyclic) bond motifs is 6. The Balaban J connectivity index is 0.000000241. The third kappa shape index (κ3) is 10.3. The van der Waals surface area contributed by atoms with Gasteiger partial charge in [0.1, 0.15) is 0 Å². The van der Waals surface area contributed by atoms with E-state index in [0.29, 0.717) is 16.7 Å². The highest BCUT2D eigenvalue weighted by Crippen LogP contribution is 2.48. The molecule has 1 atom stereocenters. The fourth-order valence-corrected chi connectivity index (χ4v) is 7.18. The van der Waals surface area contributed by atoms with Crippen molar-refractivity contribution >= 4 is 49.6 Å². The standard InChI is InChI=1S/C30H24N2.C16H20.C5H12.2C2H6/c1-3-12-22-19(2)31-29-26(21-15-8-5-9-16-21)25(20-13-6-4-7-14-20)27-23-17-10-11-18-24(23)32-30(27)28(22)29;1-12(16(2,3)4)14-11-7-9-13-8-5-6-10-15(13)14;1-5(2,3)4;2*1-2/h3-18,31-32H,1-2H3;5-12H,1-4H3;1-4H3;2*1-2H3/b12-3-;;;;. The van der Waals surface area contributed by atoms with Crippen molar-refractivity contribution in [1.29, 1.82) is 0 Å². The quantitative estimate of drug-likeness (QED) is 0.179. The number of aromatic nitrogens is 2. The molecule has 2 heterocycles. The average Bonchev–Trinajstić information content (AvgIpc) is 3.75. The third-order valence-electron chi connectivity index (χ3n) is 9.99. The predicted octanol–water partition coefficient (Wildman–Crippen LogP) is 17.6. The van der Waals surface area contributed by atoms with Crippen LogP contribution in [0.25, 0.3) is 71.8 Å². The Morgan fingerprint density at radius 1 is 0.526 bits per heavy atom. The Morgan fingerprint density at radius 3 is 1.58 bits per heavy atom. The van der Waals surface area contributed by atoms with E-state index < -0.39 is 0 Å². The lowest BCUT2D eigenvalue weighted by Gasteiger charge is -2.28. The van der Waals surface area contributed by atoms with Gasteiger partial charge in [-0.1, -0.05) is 217 Å². The summed E-state index contributed by atoms with van der Waals surface area (Å²) >= 11 is 0. The van der Waals surface area contributed by atoms with Crippen LogP contribution in [0.4, 0.5) is 0 Å². The minimum absolute atomic E-state index is 0.310. The zero-order valence-electron chi connectivity index (χ0n) is 37.4. The van der Waals surface area contributed by atoms with Crippen molar-refractivity contribution in [2.75, 3.05) is 0 Å². The van der Waals surface area contributed by atoms with E-state index in [4.69, 9.17) is 0 Å². The lowest BCUT2D eigenvalue weighted by molar-refractivity contribution is 0.341. The highest BCUT2D eigenvalue weighted by Gasteiger charge is 2.25. The second-order valence-electron chi connectivity index (χ2n) is 17.0. The van der Waals surface area contributed by atoms with Crippen molar-refractivity contribution in [3.8, 4) is 22.3 Å². The number of para-hydroxylation sites is 1. The Morgan fingerprint density at radius 2 is 1.02 bits per heavy atom. The van der Waals surface area contributed by atoms with Gasteiger partial charge in [-0.05, 0) is 64.1 Å². The molecule has 0 saturated carbocycles. The van der Waals surface area contributed by atoms with Gasteiger partial charge in [0.15, 0.2) is 0 Å². The van der Waals surface area contributed by atoms with Crippen molar-refractivity contribution in [3.63, 3.8) is 0 Å². The van der Waals surface area contributed by atoms with Gasteiger partial charge < -0.3 is 9.97 Å². The second kappa shape index (κ2) is 19.7.